The van der Waals surface area contributed by atoms with E-state index in [0.29, 0.717) is 17.6 Å². The number of nitro groups is 1. The Morgan fingerprint density at radius 2 is 2.00 bits per heavy atom. The average molecular weight is 277 g/mol. The second-order valence-corrected chi connectivity index (χ2v) is 5.51. The molecule has 1 aliphatic carbocycles. The molecule has 6 heteroatoms. The van der Waals surface area contributed by atoms with Crippen molar-refractivity contribution in [3.05, 3.63) is 34.4 Å². The van der Waals surface area contributed by atoms with Crippen LogP contribution < -0.4 is 5.32 Å². The van der Waals surface area contributed by atoms with Crippen LogP contribution in [0.5, 0.6) is 0 Å². The van der Waals surface area contributed by atoms with Crippen molar-refractivity contribution < 1.29 is 9.72 Å². The molecule has 0 bridgehead atoms. The van der Waals surface area contributed by atoms with Crippen LogP contribution in [-0.2, 0) is 0 Å². The molecule has 6 nitrogen and oxygen atoms in total. The third kappa shape index (κ3) is 3.69. The van der Waals surface area contributed by atoms with Crippen molar-refractivity contribution in [1.29, 1.82) is 0 Å². The van der Waals surface area contributed by atoms with Crippen molar-refractivity contribution in [1.82, 2.24) is 4.90 Å². The molecule has 0 saturated heterocycles. The Morgan fingerprint density at radius 3 is 2.45 bits per heavy atom. The number of hydrogen-bond donors (Lipinski definition) is 1. The second kappa shape index (κ2) is 5.90. The van der Waals surface area contributed by atoms with E-state index < -0.39 is 4.92 Å². The molecule has 1 aliphatic rings. The van der Waals surface area contributed by atoms with Crippen LogP contribution in [0.25, 0.3) is 0 Å². The van der Waals surface area contributed by atoms with Gasteiger partial charge in [-0.15, -0.1) is 0 Å². The monoisotopic (exact) mass is 277 g/mol. The highest BCUT2D eigenvalue weighted by molar-refractivity contribution is 5.89. The van der Waals surface area contributed by atoms with Gasteiger partial charge in [-0.2, -0.15) is 0 Å². The number of non-ortho nitro benzene ring substituents is 1. The summed E-state index contributed by atoms with van der Waals surface area (Å²) in [6, 6.07) is 6.09. The topological polar surface area (TPSA) is 75.5 Å². The van der Waals surface area contributed by atoms with E-state index in [1.165, 1.54) is 12.1 Å². The first-order valence-electron chi connectivity index (χ1n) is 6.79. The molecule has 0 aromatic heterocycles. The Morgan fingerprint density at radius 1 is 1.40 bits per heavy atom. The summed E-state index contributed by atoms with van der Waals surface area (Å²) >= 11 is 0. The normalized spacial score (nSPS) is 14.2. The zero-order valence-corrected chi connectivity index (χ0v) is 11.7. The number of carbonyl (C=O) groups is 1. The quantitative estimate of drug-likeness (QED) is 0.663. The van der Waals surface area contributed by atoms with Gasteiger partial charge in [0.2, 0.25) is 0 Å². The molecule has 2 amide bonds. The third-order valence-electron chi connectivity index (χ3n) is 3.14. The molecule has 2 rings (SSSR count). The first kappa shape index (κ1) is 14.3. The molecule has 0 unspecified atom stereocenters. The molecule has 0 spiro atoms. The Hall–Kier alpha value is -2.11. The van der Waals surface area contributed by atoms with Crippen LogP contribution in [0, 0.1) is 16.0 Å². The highest BCUT2D eigenvalue weighted by Crippen LogP contribution is 2.28. The van der Waals surface area contributed by atoms with Gasteiger partial charge in [0.25, 0.3) is 5.69 Å². The summed E-state index contributed by atoms with van der Waals surface area (Å²) in [6.45, 7) is 4.88. The smallest absolute Gasteiger partial charge is 0.321 e. The highest BCUT2D eigenvalue weighted by atomic mass is 16.6. The van der Waals surface area contributed by atoms with Crippen LogP contribution in [0.15, 0.2) is 24.3 Å². The van der Waals surface area contributed by atoms with Gasteiger partial charge in [0.15, 0.2) is 0 Å². The minimum atomic E-state index is -0.457. The number of hydrogen-bond acceptors (Lipinski definition) is 3. The average Bonchev–Trinajstić information content (AvgIpc) is 3.20. The summed E-state index contributed by atoms with van der Waals surface area (Å²) in [5.74, 6) is 0.415. The number of nitrogens with one attached hydrogen (secondary N) is 1. The van der Waals surface area contributed by atoms with E-state index in [4.69, 9.17) is 0 Å². The van der Waals surface area contributed by atoms with Crippen molar-refractivity contribution in [2.24, 2.45) is 5.92 Å². The van der Waals surface area contributed by atoms with E-state index >= 15 is 0 Å². The van der Waals surface area contributed by atoms with Gasteiger partial charge >= 0.3 is 6.03 Å². The van der Waals surface area contributed by atoms with Crippen LogP contribution >= 0.6 is 0 Å². The van der Waals surface area contributed by atoms with E-state index in [1.54, 1.807) is 12.1 Å². The standard InChI is InChI=1S/C14H19N3O3/c1-10(2)9-16(12-7-8-12)14(18)15-11-3-5-13(6-4-11)17(19)20/h3-6,10,12H,7-9H2,1-2H3,(H,15,18). The largest absolute Gasteiger partial charge is 0.322 e. The van der Waals surface area contributed by atoms with Gasteiger partial charge in [0, 0.05) is 30.4 Å². The molecule has 1 aromatic rings. The fourth-order valence-electron chi connectivity index (χ4n) is 2.04. The zero-order valence-electron chi connectivity index (χ0n) is 11.7. The first-order valence-corrected chi connectivity index (χ1v) is 6.79. The summed E-state index contributed by atoms with van der Waals surface area (Å²) < 4.78 is 0. The molecule has 1 N–H and O–H groups in total. The molecule has 0 aliphatic heterocycles. The van der Waals surface area contributed by atoms with Gasteiger partial charge in [0.1, 0.15) is 0 Å². The number of carbonyl (C=O) groups excluding carboxylic acids is 1. The van der Waals surface area contributed by atoms with Crippen molar-refractivity contribution >= 4 is 17.4 Å². The van der Waals surface area contributed by atoms with Crippen LogP contribution in [0.1, 0.15) is 26.7 Å². The predicted molar refractivity (Wildman–Crippen MR) is 76.7 cm³/mol. The van der Waals surface area contributed by atoms with Crippen molar-refractivity contribution in [3.63, 3.8) is 0 Å². The van der Waals surface area contributed by atoms with Gasteiger partial charge in [-0.05, 0) is 30.9 Å². The molecular formula is C14H19N3O3. The molecule has 0 radical (unpaired) electrons. The lowest BCUT2D eigenvalue weighted by Gasteiger charge is -2.24. The summed E-state index contributed by atoms with van der Waals surface area (Å²) in [5.41, 5.74) is 0.597. The fourth-order valence-corrected chi connectivity index (χ4v) is 2.04. The van der Waals surface area contributed by atoms with Crippen molar-refractivity contribution in [2.75, 3.05) is 11.9 Å². The molecule has 0 atom stereocenters. The number of amides is 2. The van der Waals surface area contributed by atoms with Crippen molar-refractivity contribution in [2.45, 2.75) is 32.7 Å². The Bertz CT molecular complexity index is 495. The van der Waals surface area contributed by atoms with Crippen LogP contribution in [0.4, 0.5) is 16.2 Å². The molecule has 1 fully saturated rings. The van der Waals surface area contributed by atoms with Crippen molar-refractivity contribution in [3.8, 4) is 0 Å². The fraction of sp³-hybridized carbons (Fsp3) is 0.500. The lowest BCUT2D eigenvalue weighted by Crippen LogP contribution is -2.39. The molecule has 108 valence electrons. The minimum absolute atomic E-state index is 0.0178. The summed E-state index contributed by atoms with van der Waals surface area (Å²) in [5, 5.41) is 13.4. The van der Waals surface area contributed by atoms with Crippen LogP contribution in [0.3, 0.4) is 0 Å². The van der Waals surface area contributed by atoms with Gasteiger partial charge in [0.05, 0.1) is 4.92 Å². The maximum atomic E-state index is 12.2. The second-order valence-electron chi connectivity index (χ2n) is 5.51. The lowest BCUT2D eigenvalue weighted by molar-refractivity contribution is -0.384. The van der Waals surface area contributed by atoms with E-state index in [0.717, 1.165) is 19.4 Å². The number of rotatable bonds is 5. The molecular weight excluding hydrogens is 258 g/mol. The molecule has 20 heavy (non-hydrogen) atoms. The predicted octanol–water partition coefficient (Wildman–Crippen LogP) is 3.25. The van der Waals surface area contributed by atoms with Gasteiger partial charge < -0.3 is 10.2 Å². The van der Waals surface area contributed by atoms with E-state index in [-0.39, 0.29) is 11.7 Å². The summed E-state index contributed by atoms with van der Waals surface area (Å²) in [7, 11) is 0. The number of nitrogens with zero attached hydrogens (tertiary/aromatic N) is 2. The highest BCUT2D eigenvalue weighted by Gasteiger charge is 2.32. The third-order valence-corrected chi connectivity index (χ3v) is 3.14. The van der Waals surface area contributed by atoms with E-state index in [2.05, 4.69) is 19.2 Å². The number of benzene rings is 1. The Kier molecular flexibility index (Phi) is 4.22. The van der Waals surface area contributed by atoms with Gasteiger partial charge in [-0.1, -0.05) is 13.8 Å². The van der Waals surface area contributed by atoms with Gasteiger partial charge in [-0.3, -0.25) is 10.1 Å². The Balaban J connectivity index is 2.00. The Labute approximate surface area is 117 Å². The van der Waals surface area contributed by atoms with Gasteiger partial charge in [-0.25, -0.2) is 4.79 Å². The summed E-state index contributed by atoms with van der Waals surface area (Å²) in [4.78, 5) is 24.2. The van der Waals surface area contributed by atoms with Crippen LogP contribution in [0.2, 0.25) is 0 Å². The minimum Gasteiger partial charge on any atom is -0.321 e. The van der Waals surface area contributed by atoms with Crippen LogP contribution in [-0.4, -0.2) is 28.4 Å². The molecule has 1 aromatic carbocycles. The number of nitro benzene ring substituents is 1. The lowest BCUT2D eigenvalue weighted by atomic mass is 10.2. The maximum Gasteiger partial charge on any atom is 0.322 e. The van der Waals surface area contributed by atoms with E-state index in [1.807, 2.05) is 4.90 Å². The number of anilines is 1. The zero-order chi connectivity index (χ0) is 14.7. The molecule has 1 saturated carbocycles. The number of urea groups is 1. The first-order chi connectivity index (χ1) is 9.47. The molecule has 0 heterocycles. The SMILES string of the molecule is CC(C)CN(C(=O)Nc1ccc([N+](=O)[O-])cc1)C1CC1. The van der Waals surface area contributed by atoms with E-state index in [9.17, 15) is 14.9 Å². The summed E-state index contributed by atoms with van der Waals surface area (Å²) in [6.07, 6.45) is 2.11. The maximum absolute atomic E-state index is 12.2.